The molecule has 1 amide bonds. The van der Waals surface area contributed by atoms with Gasteiger partial charge in [-0.2, -0.15) is 23.3 Å². The standard InChI is InChI=1S/C28H29F3N8O2/c1-41-26-8-7-23(18-33-26)34-25-17-22(36-37-25)6-5-19-3-2-4-20(15-19)27(40)35-21-9-12-39(24(16-21)28(29,30)31)38-13-10-32-11-14-38/h2-4,7-9,12,15-18,32H,5-6,10-11,13-14H2,1H3,(H2,34,36,37)/p+1. The molecule has 1 aliphatic heterocycles. The van der Waals surface area contributed by atoms with Gasteiger partial charge in [-0.05, 0) is 36.6 Å². The van der Waals surface area contributed by atoms with Crippen LogP contribution in [0.3, 0.4) is 0 Å². The number of aromatic nitrogens is 4. The maximum Gasteiger partial charge on any atom is 0.480 e. The lowest BCUT2D eigenvalue weighted by Crippen LogP contribution is -2.66. The number of methoxy groups -OCH3 is 1. The maximum atomic E-state index is 13.9. The number of aromatic amines is 1. The van der Waals surface area contributed by atoms with E-state index in [4.69, 9.17) is 4.74 Å². The molecule has 0 bridgehead atoms. The van der Waals surface area contributed by atoms with Crippen molar-refractivity contribution in [3.63, 3.8) is 0 Å². The molecule has 1 aliphatic rings. The first-order valence-corrected chi connectivity index (χ1v) is 13.1. The number of H-pyrrole nitrogens is 1. The minimum absolute atomic E-state index is 0.0728. The number of aryl methyl sites for hydroxylation is 2. The minimum Gasteiger partial charge on any atom is -0.481 e. The second-order valence-electron chi connectivity index (χ2n) is 9.49. The number of rotatable bonds is 9. The Balaban J connectivity index is 1.21. The van der Waals surface area contributed by atoms with E-state index in [2.05, 4.69) is 31.1 Å². The van der Waals surface area contributed by atoms with E-state index in [9.17, 15) is 18.0 Å². The molecule has 5 rings (SSSR count). The van der Waals surface area contributed by atoms with E-state index in [0.717, 1.165) is 27.7 Å². The largest absolute Gasteiger partial charge is 0.481 e. The second kappa shape index (κ2) is 12.3. The van der Waals surface area contributed by atoms with Gasteiger partial charge in [0, 0.05) is 48.6 Å². The van der Waals surface area contributed by atoms with Gasteiger partial charge in [0.15, 0.2) is 5.82 Å². The van der Waals surface area contributed by atoms with Gasteiger partial charge in [-0.3, -0.25) is 9.89 Å². The number of hydrogen-bond acceptors (Lipinski definition) is 7. The second-order valence-corrected chi connectivity index (χ2v) is 9.49. The molecule has 0 saturated carbocycles. The number of alkyl halides is 3. The van der Waals surface area contributed by atoms with Crippen molar-refractivity contribution in [2.24, 2.45) is 0 Å². The molecule has 0 aliphatic carbocycles. The fraction of sp³-hybridized carbons (Fsp3) is 0.286. The molecular weight excluding hydrogens is 537 g/mol. The minimum atomic E-state index is -4.58. The number of nitrogens with one attached hydrogen (secondary N) is 4. The van der Waals surface area contributed by atoms with E-state index >= 15 is 0 Å². The van der Waals surface area contributed by atoms with Crippen molar-refractivity contribution in [3.05, 3.63) is 89.5 Å². The molecule has 10 nitrogen and oxygen atoms in total. The van der Waals surface area contributed by atoms with Crippen molar-refractivity contribution in [2.45, 2.75) is 19.0 Å². The zero-order valence-electron chi connectivity index (χ0n) is 22.3. The lowest BCUT2D eigenvalue weighted by molar-refractivity contribution is -0.712. The van der Waals surface area contributed by atoms with Gasteiger partial charge in [0.2, 0.25) is 12.1 Å². The molecule has 1 saturated heterocycles. The van der Waals surface area contributed by atoms with E-state index < -0.39 is 17.8 Å². The smallest absolute Gasteiger partial charge is 0.480 e. The fourth-order valence-electron chi connectivity index (χ4n) is 4.52. The van der Waals surface area contributed by atoms with Crippen LogP contribution in [-0.2, 0) is 19.0 Å². The summed E-state index contributed by atoms with van der Waals surface area (Å²) in [4.78, 5) is 17.1. The number of halogens is 3. The normalized spacial score (nSPS) is 13.6. The van der Waals surface area contributed by atoms with Crippen LogP contribution in [0.5, 0.6) is 5.88 Å². The number of carbonyl (C=O) groups is 1. The van der Waals surface area contributed by atoms with E-state index in [1.54, 1.807) is 42.6 Å². The molecule has 4 N–H and O–H groups in total. The molecule has 3 aromatic heterocycles. The third kappa shape index (κ3) is 7.11. The number of amides is 1. The number of carbonyl (C=O) groups excluding carboxylic acids is 1. The molecule has 0 spiro atoms. The molecule has 1 aromatic carbocycles. The van der Waals surface area contributed by atoms with Crippen LogP contribution < -0.4 is 30.4 Å². The number of nitrogens with zero attached hydrogens (tertiary/aromatic N) is 4. The van der Waals surface area contributed by atoms with E-state index in [1.807, 2.05) is 18.2 Å². The first kappa shape index (κ1) is 27.9. The van der Waals surface area contributed by atoms with Crippen molar-refractivity contribution in [3.8, 4) is 5.88 Å². The van der Waals surface area contributed by atoms with Gasteiger partial charge in [-0.15, -0.1) is 0 Å². The van der Waals surface area contributed by atoms with Gasteiger partial charge in [-0.1, -0.05) is 16.8 Å². The number of hydrogen-bond donors (Lipinski definition) is 4. The van der Waals surface area contributed by atoms with Gasteiger partial charge < -0.3 is 20.7 Å². The summed E-state index contributed by atoms with van der Waals surface area (Å²) < 4.78 is 47.8. The Kier molecular flexibility index (Phi) is 8.34. The monoisotopic (exact) mass is 567 g/mol. The summed E-state index contributed by atoms with van der Waals surface area (Å²) in [6.45, 7) is 2.09. The molecule has 0 radical (unpaired) electrons. The zero-order chi connectivity index (χ0) is 28.8. The molecule has 0 atom stereocenters. The van der Waals surface area contributed by atoms with E-state index in [0.29, 0.717) is 56.3 Å². The van der Waals surface area contributed by atoms with E-state index in [-0.39, 0.29) is 5.69 Å². The lowest BCUT2D eigenvalue weighted by atomic mass is 10.0. The van der Waals surface area contributed by atoms with Gasteiger partial charge in [0.1, 0.15) is 0 Å². The Morgan fingerprint density at radius 3 is 2.63 bits per heavy atom. The van der Waals surface area contributed by atoms with Crippen LogP contribution in [0.1, 0.15) is 27.3 Å². The number of pyridine rings is 2. The van der Waals surface area contributed by atoms with Crippen LogP contribution >= 0.6 is 0 Å². The average molecular weight is 568 g/mol. The molecular formula is C28H30F3N8O2+. The lowest BCUT2D eigenvalue weighted by Gasteiger charge is -2.25. The van der Waals surface area contributed by atoms with Crippen LogP contribution in [0.25, 0.3) is 0 Å². The zero-order valence-corrected chi connectivity index (χ0v) is 22.3. The predicted octanol–water partition coefficient (Wildman–Crippen LogP) is 3.44. The van der Waals surface area contributed by atoms with Crippen molar-refractivity contribution >= 4 is 23.1 Å². The van der Waals surface area contributed by atoms with Crippen LogP contribution in [-0.4, -0.2) is 54.4 Å². The summed E-state index contributed by atoms with van der Waals surface area (Å²) in [6, 6.07) is 14.9. The summed E-state index contributed by atoms with van der Waals surface area (Å²) >= 11 is 0. The highest BCUT2D eigenvalue weighted by Crippen LogP contribution is 2.28. The highest BCUT2D eigenvalue weighted by molar-refractivity contribution is 6.04. The fourth-order valence-corrected chi connectivity index (χ4v) is 4.52. The first-order chi connectivity index (χ1) is 19.8. The van der Waals surface area contributed by atoms with E-state index in [1.165, 1.54) is 12.3 Å². The highest BCUT2D eigenvalue weighted by Gasteiger charge is 2.43. The van der Waals surface area contributed by atoms with Crippen LogP contribution in [0, 0.1) is 0 Å². The van der Waals surface area contributed by atoms with Crippen molar-refractivity contribution in [2.75, 3.05) is 48.9 Å². The first-order valence-electron chi connectivity index (χ1n) is 13.1. The quantitative estimate of drug-likeness (QED) is 0.229. The van der Waals surface area contributed by atoms with Crippen LogP contribution in [0.15, 0.2) is 67.0 Å². The number of anilines is 3. The van der Waals surface area contributed by atoms with Gasteiger partial charge in [0.05, 0.1) is 37.8 Å². The molecule has 4 aromatic rings. The third-order valence-corrected chi connectivity index (χ3v) is 6.60. The topological polar surface area (TPSA) is 111 Å². The Hall–Kier alpha value is -4.65. The number of benzene rings is 1. The molecule has 0 unspecified atom stereocenters. The summed E-state index contributed by atoms with van der Waals surface area (Å²) in [7, 11) is 1.55. The predicted molar refractivity (Wildman–Crippen MR) is 147 cm³/mol. The maximum absolute atomic E-state index is 13.9. The van der Waals surface area contributed by atoms with Crippen molar-refractivity contribution in [1.29, 1.82) is 0 Å². The van der Waals surface area contributed by atoms with Crippen LogP contribution in [0.4, 0.5) is 30.4 Å². The Bertz CT molecular complexity index is 1480. The Morgan fingerprint density at radius 2 is 1.90 bits per heavy atom. The SMILES string of the molecule is COc1ccc(Nc2cc(CCc3cccc(C(=O)Nc4cc[n+](N5CCNCC5)c(C(F)(F)F)c4)c3)[nH]n2)cn1. The number of ether oxygens (including phenoxy) is 1. The third-order valence-electron chi connectivity index (χ3n) is 6.60. The summed E-state index contributed by atoms with van der Waals surface area (Å²) in [5.74, 6) is 0.670. The van der Waals surface area contributed by atoms with Gasteiger partial charge in [-0.25, -0.2) is 4.98 Å². The van der Waals surface area contributed by atoms with Gasteiger partial charge in [0.25, 0.3) is 5.91 Å². The molecule has 4 heterocycles. The Labute approximate surface area is 234 Å². The molecule has 13 heteroatoms. The summed E-state index contributed by atoms with van der Waals surface area (Å²) in [5, 5.41) is 17.8. The van der Waals surface area contributed by atoms with Gasteiger partial charge >= 0.3 is 11.9 Å². The molecule has 41 heavy (non-hydrogen) atoms. The average Bonchev–Trinajstić information content (AvgIpc) is 3.44. The molecule has 1 fully saturated rings. The number of piperazine rings is 1. The molecule has 214 valence electrons. The summed E-state index contributed by atoms with van der Waals surface area (Å²) in [6.07, 6.45) is -0.327. The van der Waals surface area contributed by atoms with Crippen LogP contribution in [0.2, 0.25) is 0 Å². The van der Waals surface area contributed by atoms with Crippen molar-refractivity contribution in [1.82, 2.24) is 20.5 Å². The highest BCUT2D eigenvalue weighted by atomic mass is 19.4. The Morgan fingerprint density at radius 1 is 1.07 bits per heavy atom. The summed E-state index contributed by atoms with van der Waals surface area (Å²) in [5.41, 5.74) is 2.15. The van der Waals surface area contributed by atoms with Crippen molar-refractivity contribution < 1.29 is 27.4 Å².